The minimum absolute atomic E-state index is 0.0609. The summed E-state index contributed by atoms with van der Waals surface area (Å²) in [6, 6.07) is 9.74. The van der Waals surface area contributed by atoms with E-state index in [1.807, 2.05) is 43.5 Å². The molecular weight excluding hydrogens is 298 g/mol. The second-order valence-corrected chi connectivity index (χ2v) is 6.04. The Hall–Kier alpha value is -2.47. The maximum absolute atomic E-state index is 12.1. The number of carbonyl (C=O) groups is 1. The van der Waals surface area contributed by atoms with Crippen LogP contribution >= 0.6 is 11.3 Å². The summed E-state index contributed by atoms with van der Waals surface area (Å²) in [4.78, 5) is 17.2. The number of aryl methyl sites for hydroxylation is 2. The molecule has 5 nitrogen and oxygen atoms in total. The average Bonchev–Trinajstić information content (AvgIpc) is 3.07. The van der Waals surface area contributed by atoms with Gasteiger partial charge >= 0.3 is 0 Å². The molecule has 0 aliphatic rings. The van der Waals surface area contributed by atoms with E-state index in [0.717, 1.165) is 21.7 Å². The van der Waals surface area contributed by atoms with Crippen LogP contribution in [0.1, 0.15) is 17.0 Å². The summed E-state index contributed by atoms with van der Waals surface area (Å²) in [6.45, 7) is 3.99. The molecule has 22 heavy (non-hydrogen) atoms. The van der Waals surface area contributed by atoms with Gasteiger partial charge in [-0.25, -0.2) is 0 Å². The Bertz CT molecular complexity index is 773. The van der Waals surface area contributed by atoms with Gasteiger partial charge in [-0.3, -0.25) is 4.79 Å². The number of rotatable bonds is 4. The summed E-state index contributed by atoms with van der Waals surface area (Å²) in [6.07, 6.45) is 0.0609. The van der Waals surface area contributed by atoms with Crippen LogP contribution in [-0.4, -0.2) is 16.0 Å². The predicted molar refractivity (Wildman–Crippen MR) is 85.9 cm³/mol. The zero-order chi connectivity index (χ0) is 15.5. The van der Waals surface area contributed by atoms with Gasteiger partial charge in [0.15, 0.2) is 0 Å². The van der Waals surface area contributed by atoms with E-state index in [2.05, 4.69) is 21.5 Å². The van der Waals surface area contributed by atoms with Crippen LogP contribution in [0, 0.1) is 13.8 Å². The number of hydrogen-bond acceptors (Lipinski definition) is 5. The molecule has 0 atom stereocenters. The van der Waals surface area contributed by atoms with Gasteiger partial charge in [0.25, 0.3) is 0 Å². The quantitative estimate of drug-likeness (QED) is 0.799. The fourth-order valence-electron chi connectivity index (χ4n) is 2.22. The Morgan fingerprint density at radius 1 is 1.27 bits per heavy atom. The first kappa shape index (κ1) is 14.5. The lowest BCUT2D eigenvalue weighted by molar-refractivity contribution is -0.115. The number of carbonyl (C=O) groups excluding carboxylic acids is 1. The Balaban J connectivity index is 1.67. The summed E-state index contributed by atoms with van der Waals surface area (Å²) in [7, 11) is 0. The highest BCUT2D eigenvalue weighted by atomic mass is 32.1. The van der Waals surface area contributed by atoms with Crippen LogP contribution in [0.5, 0.6) is 0 Å². The first-order chi connectivity index (χ1) is 10.6. The zero-order valence-corrected chi connectivity index (χ0v) is 13.1. The van der Waals surface area contributed by atoms with Crippen molar-refractivity contribution in [2.24, 2.45) is 0 Å². The monoisotopic (exact) mass is 313 g/mol. The molecule has 6 heteroatoms. The van der Waals surface area contributed by atoms with Crippen molar-refractivity contribution >= 4 is 22.9 Å². The highest BCUT2D eigenvalue weighted by Gasteiger charge is 2.13. The smallest absolute Gasteiger partial charge is 0.236 e. The number of hydrogen-bond donors (Lipinski definition) is 1. The van der Waals surface area contributed by atoms with Gasteiger partial charge in [-0.1, -0.05) is 17.3 Å². The Morgan fingerprint density at radius 2 is 2.05 bits per heavy atom. The third-order valence-electron chi connectivity index (χ3n) is 3.03. The Kier molecular flexibility index (Phi) is 4.02. The number of nitrogens with one attached hydrogen (secondary N) is 1. The van der Waals surface area contributed by atoms with Crippen LogP contribution in [0.3, 0.4) is 0 Å². The summed E-state index contributed by atoms with van der Waals surface area (Å²) in [5, 5.41) is 8.69. The van der Waals surface area contributed by atoms with Crippen molar-refractivity contribution in [1.29, 1.82) is 0 Å². The van der Waals surface area contributed by atoms with E-state index in [0.29, 0.717) is 11.7 Å². The van der Waals surface area contributed by atoms with E-state index in [4.69, 9.17) is 4.52 Å². The molecule has 0 unspecified atom stereocenters. The van der Waals surface area contributed by atoms with Crippen molar-refractivity contribution in [2.45, 2.75) is 20.3 Å². The molecule has 2 aromatic heterocycles. The second kappa shape index (κ2) is 6.11. The first-order valence-corrected chi connectivity index (χ1v) is 7.73. The number of anilines is 1. The molecule has 0 fully saturated rings. The number of thiophene rings is 1. The average molecular weight is 313 g/mol. The molecule has 112 valence electrons. The third-order valence-corrected chi connectivity index (χ3v) is 3.89. The molecule has 0 radical (unpaired) electrons. The number of nitrogens with zero attached hydrogens (tertiary/aromatic N) is 2. The molecule has 3 aromatic rings. The van der Waals surface area contributed by atoms with E-state index in [1.165, 1.54) is 11.3 Å². The fraction of sp³-hybridized carbons (Fsp3) is 0.188. The van der Waals surface area contributed by atoms with Gasteiger partial charge in [-0.05, 0) is 48.6 Å². The van der Waals surface area contributed by atoms with Crippen molar-refractivity contribution in [3.05, 3.63) is 52.7 Å². The van der Waals surface area contributed by atoms with Gasteiger partial charge in [0, 0.05) is 5.69 Å². The van der Waals surface area contributed by atoms with Gasteiger partial charge in [-0.15, -0.1) is 11.3 Å². The Morgan fingerprint density at radius 3 is 2.73 bits per heavy atom. The van der Waals surface area contributed by atoms with E-state index in [1.54, 1.807) is 0 Å². The lowest BCUT2D eigenvalue weighted by atomic mass is 10.1. The maximum atomic E-state index is 12.1. The van der Waals surface area contributed by atoms with Crippen LogP contribution in [0.4, 0.5) is 5.69 Å². The van der Waals surface area contributed by atoms with Gasteiger partial charge < -0.3 is 9.84 Å². The number of aromatic nitrogens is 2. The molecule has 0 aliphatic heterocycles. The fourth-order valence-corrected chi connectivity index (χ4v) is 2.87. The third kappa shape index (κ3) is 3.40. The molecule has 0 bridgehead atoms. The predicted octanol–water partition coefficient (Wildman–Crippen LogP) is 3.60. The van der Waals surface area contributed by atoms with E-state index in [-0.39, 0.29) is 12.3 Å². The van der Waals surface area contributed by atoms with Crippen LogP contribution in [-0.2, 0) is 11.2 Å². The van der Waals surface area contributed by atoms with Gasteiger partial charge in [0.1, 0.15) is 6.42 Å². The highest BCUT2D eigenvalue weighted by molar-refractivity contribution is 7.13. The molecule has 0 spiro atoms. The van der Waals surface area contributed by atoms with Crippen LogP contribution in [0.25, 0.3) is 10.7 Å². The molecule has 3 rings (SSSR count). The normalized spacial score (nSPS) is 10.6. The number of amides is 1. The van der Waals surface area contributed by atoms with E-state index >= 15 is 0 Å². The topological polar surface area (TPSA) is 68.0 Å². The lowest BCUT2D eigenvalue weighted by Crippen LogP contribution is -2.14. The minimum Gasteiger partial charge on any atom is -0.338 e. The van der Waals surface area contributed by atoms with Crippen LogP contribution < -0.4 is 5.32 Å². The van der Waals surface area contributed by atoms with Crippen LogP contribution in [0.15, 0.2) is 40.2 Å². The molecule has 1 N–H and O–H groups in total. The summed E-state index contributed by atoms with van der Waals surface area (Å²) >= 11 is 1.53. The van der Waals surface area contributed by atoms with Crippen molar-refractivity contribution in [3.8, 4) is 10.7 Å². The summed E-state index contributed by atoms with van der Waals surface area (Å²) < 4.78 is 5.13. The standard InChI is InChI=1S/C16H15N3O2S/c1-10-6-11(2)8-12(7-10)17-14(20)9-15-18-16(19-21-15)13-4-3-5-22-13/h3-8H,9H2,1-2H3,(H,17,20). The zero-order valence-electron chi connectivity index (χ0n) is 12.3. The first-order valence-electron chi connectivity index (χ1n) is 6.85. The summed E-state index contributed by atoms with van der Waals surface area (Å²) in [5.41, 5.74) is 2.99. The molecule has 1 amide bonds. The van der Waals surface area contributed by atoms with Gasteiger partial charge in [0.05, 0.1) is 4.88 Å². The highest BCUT2D eigenvalue weighted by Crippen LogP contribution is 2.21. The lowest BCUT2D eigenvalue weighted by Gasteiger charge is -2.06. The van der Waals surface area contributed by atoms with Crippen LogP contribution in [0.2, 0.25) is 0 Å². The van der Waals surface area contributed by atoms with Crippen molar-refractivity contribution in [3.63, 3.8) is 0 Å². The van der Waals surface area contributed by atoms with Gasteiger partial charge in [-0.2, -0.15) is 4.98 Å². The molecule has 0 saturated heterocycles. The van der Waals surface area contributed by atoms with Crippen molar-refractivity contribution < 1.29 is 9.32 Å². The second-order valence-electron chi connectivity index (χ2n) is 5.09. The van der Waals surface area contributed by atoms with E-state index < -0.39 is 0 Å². The molecular formula is C16H15N3O2S. The molecule has 0 aliphatic carbocycles. The Labute approximate surface area is 132 Å². The minimum atomic E-state index is -0.175. The van der Waals surface area contributed by atoms with E-state index in [9.17, 15) is 4.79 Å². The van der Waals surface area contributed by atoms with Gasteiger partial charge in [0.2, 0.25) is 17.6 Å². The SMILES string of the molecule is Cc1cc(C)cc(NC(=O)Cc2nc(-c3cccs3)no2)c1. The maximum Gasteiger partial charge on any atom is 0.236 e. The van der Waals surface area contributed by atoms with Crippen molar-refractivity contribution in [1.82, 2.24) is 10.1 Å². The summed E-state index contributed by atoms with van der Waals surface area (Å²) in [5.74, 6) is 0.654. The largest absolute Gasteiger partial charge is 0.338 e. The van der Waals surface area contributed by atoms with Crippen molar-refractivity contribution in [2.75, 3.05) is 5.32 Å². The molecule has 2 heterocycles. The molecule has 0 saturated carbocycles. The number of benzene rings is 1. The molecule has 1 aromatic carbocycles.